The summed E-state index contributed by atoms with van der Waals surface area (Å²) in [5, 5.41) is 6.09. The van der Waals surface area contributed by atoms with Gasteiger partial charge >= 0.3 is 0 Å². The van der Waals surface area contributed by atoms with Crippen LogP contribution in [0, 0.1) is 0 Å². The predicted octanol–water partition coefficient (Wildman–Crippen LogP) is 2.72. The molecule has 120 valence electrons. The molecule has 1 rings (SSSR count). The van der Waals surface area contributed by atoms with Crippen LogP contribution in [0.25, 0.3) is 0 Å². The van der Waals surface area contributed by atoms with E-state index < -0.39 is 0 Å². The molecule has 0 aliphatic heterocycles. The normalized spacial score (nSPS) is 11.7. The van der Waals surface area contributed by atoms with Gasteiger partial charge in [-0.3, -0.25) is 4.79 Å². The zero-order valence-corrected chi connectivity index (χ0v) is 14.1. The number of halogens is 1. The van der Waals surface area contributed by atoms with Crippen LogP contribution in [0.5, 0.6) is 5.75 Å². The minimum absolute atomic E-state index is 0. The van der Waals surface area contributed by atoms with Crippen LogP contribution in [-0.4, -0.2) is 31.6 Å². The number of nitrogens with one attached hydrogen (secondary N) is 2. The number of carbonyl (C=O) groups is 1. The standard InChI is InChI=1S/C16H26N2O2.ClH/c1-5-17-13(4)10-18-16(19)11-20-15-8-6-7-14(9-15)12(2)3;/h6-9,12-13,17H,5,10-11H2,1-4H3,(H,18,19);1H/t13-;/m1./s1. The Morgan fingerprint density at radius 1 is 1.29 bits per heavy atom. The van der Waals surface area contributed by atoms with Crippen molar-refractivity contribution < 1.29 is 9.53 Å². The highest BCUT2D eigenvalue weighted by atomic mass is 35.5. The molecule has 4 nitrogen and oxygen atoms in total. The highest BCUT2D eigenvalue weighted by molar-refractivity contribution is 5.85. The number of amides is 1. The van der Waals surface area contributed by atoms with E-state index in [4.69, 9.17) is 4.74 Å². The van der Waals surface area contributed by atoms with Crippen LogP contribution >= 0.6 is 12.4 Å². The Labute approximate surface area is 134 Å². The van der Waals surface area contributed by atoms with E-state index in [1.54, 1.807) is 0 Å². The Balaban J connectivity index is 0.00000400. The molecule has 0 heterocycles. The van der Waals surface area contributed by atoms with Gasteiger partial charge in [0.2, 0.25) is 0 Å². The van der Waals surface area contributed by atoms with Crippen LogP contribution in [-0.2, 0) is 4.79 Å². The van der Waals surface area contributed by atoms with Crippen molar-refractivity contribution >= 4 is 18.3 Å². The molecule has 0 aliphatic rings. The number of carbonyl (C=O) groups excluding carboxylic acids is 1. The quantitative estimate of drug-likeness (QED) is 0.775. The first kappa shape index (κ1) is 19.7. The monoisotopic (exact) mass is 314 g/mol. The molecule has 0 fully saturated rings. The third kappa shape index (κ3) is 7.93. The van der Waals surface area contributed by atoms with Crippen LogP contribution in [0.15, 0.2) is 24.3 Å². The van der Waals surface area contributed by atoms with E-state index in [1.807, 2.05) is 32.0 Å². The Morgan fingerprint density at radius 3 is 2.62 bits per heavy atom. The van der Waals surface area contributed by atoms with E-state index in [-0.39, 0.29) is 31.0 Å². The van der Waals surface area contributed by atoms with Gasteiger partial charge < -0.3 is 15.4 Å². The Kier molecular flexibility index (Phi) is 9.84. The summed E-state index contributed by atoms with van der Waals surface area (Å²) in [5.74, 6) is 1.10. The lowest BCUT2D eigenvalue weighted by atomic mass is 10.0. The Morgan fingerprint density at radius 2 is 2.00 bits per heavy atom. The van der Waals surface area contributed by atoms with Crippen molar-refractivity contribution in [1.82, 2.24) is 10.6 Å². The third-order valence-electron chi connectivity index (χ3n) is 3.05. The third-order valence-corrected chi connectivity index (χ3v) is 3.05. The fraction of sp³-hybridized carbons (Fsp3) is 0.562. The van der Waals surface area contributed by atoms with Gasteiger partial charge in [-0.05, 0) is 37.1 Å². The minimum Gasteiger partial charge on any atom is -0.484 e. The molecule has 1 amide bonds. The molecule has 0 radical (unpaired) electrons. The maximum atomic E-state index is 11.7. The molecule has 0 aliphatic carbocycles. The van der Waals surface area contributed by atoms with E-state index in [0.717, 1.165) is 12.3 Å². The summed E-state index contributed by atoms with van der Waals surface area (Å²) in [6.07, 6.45) is 0. The number of hydrogen-bond donors (Lipinski definition) is 2. The van der Waals surface area contributed by atoms with Crippen LogP contribution in [0.1, 0.15) is 39.2 Å². The first-order valence-corrected chi connectivity index (χ1v) is 7.25. The van der Waals surface area contributed by atoms with E-state index >= 15 is 0 Å². The molecule has 2 N–H and O–H groups in total. The second-order valence-electron chi connectivity index (χ2n) is 5.28. The molecule has 0 aromatic heterocycles. The molecule has 0 saturated heterocycles. The van der Waals surface area contributed by atoms with Gasteiger partial charge in [-0.25, -0.2) is 0 Å². The summed E-state index contributed by atoms with van der Waals surface area (Å²) < 4.78 is 5.52. The number of ether oxygens (including phenoxy) is 1. The molecule has 0 saturated carbocycles. The van der Waals surface area contributed by atoms with Gasteiger partial charge in [0, 0.05) is 12.6 Å². The van der Waals surface area contributed by atoms with Crippen LogP contribution in [0.3, 0.4) is 0 Å². The molecule has 1 aromatic rings. The van der Waals surface area contributed by atoms with Crippen LogP contribution in [0.2, 0.25) is 0 Å². The van der Waals surface area contributed by atoms with Gasteiger partial charge in [0.1, 0.15) is 5.75 Å². The first-order valence-electron chi connectivity index (χ1n) is 7.25. The van der Waals surface area contributed by atoms with Gasteiger partial charge in [0.05, 0.1) is 0 Å². The zero-order valence-electron chi connectivity index (χ0n) is 13.3. The fourth-order valence-electron chi connectivity index (χ4n) is 1.85. The van der Waals surface area contributed by atoms with Crippen molar-refractivity contribution in [3.05, 3.63) is 29.8 Å². The van der Waals surface area contributed by atoms with E-state index in [0.29, 0.717) is 12.5 Å². The summed E-state index contributed by atoms with van der Waals surface area (Å²) >= 11 is 0. The van der Waals surface area contributed by atoms with Crippen LogP contribution < -0.4 is 15.4 Å². The van der Waals surface area contributed by atoms with Gasteiger partial charge in [-0.15, -0.1) is 12.4 Å². The summed E-state index contributed by atoms with van der Waals surface area (Å²) in [7, 11) is 0. The second-order valence-corrected chi connectivity index (χ2v) is 5.28. The van der Waals surface area contributed by atoms with E-state index in [9.17, 15) is 4.79 Å². The topological polar surface area (TPSA) is 50.4 Å². The molecule has 0 bridgehead atoms. The number of benzene rings is 1. The first-order chi connectivity index (χ1) is 9.52. The Hall–Kier alpha value is -1.26. The summed E-state index contributed by atoms with van der Waals surface area (Å²) in [6.45, 7) is 9.92. The van der Waals surface area contributed by atoms with E-state index in [1.165, 1.54) is 5.56 Å². The van der Waals surface area contributed by atoms with Gasteiger partial charge in [-0.2, -0.15) is 0 Å². The number of hydrogen-bond acceptors (Lipinski definition) is 3. The molecule has 1 atom stereocenters. The van der Waals surface area contributed by atoms with E-state index in [2.05, 4.69) is 30.5 Å². The SMILES string of the molecule is CCN[C@H](C)CNC(=O)COc1cccc(C(C)C)c1.Cl. The average molecular weight is 315 g/mol. The predicted molar refractivity (Wildman–Crippen MR) is 89.4 cm³/mol. The summed E-state index contributed by atoms with van der Waals surface area (Å²) in [6, 6.07) is 8.15. The van der Waals surface area contributed by atoms with Crippen molar-refractivity contribution in [3.63, 3.8) is 0 Å². The summed E-state index contributed by atoms with van der Waals surface area (Å²) in [4.78, 5) is 11.7. The summed E-state index contributed by atoms with van der Waals surface area (Å²) in [5.41, 5.74) is 1.21. The maximum Gasteiger partial charge on any atom is 0.257 e. The van der Waals surface area contributed by atoms with Gasteiger partial charge in [-0.1, -0.05) is 32.9 Å². The minimum atomic E-state index is -0.0929. The van der Waals surface area contributed by atoms with Crippen molar-refractivity contribution in [2.24, 2.45) is 0 Å². The molecule has 21 heavy (non-hydrogen) atoms. The van der Waals surface area contributed by atoms with Crippen LogP contribution in [0.4, 0.5) is 0 Å². The molecule has 5 heteroatoms. The lowest BCUT2D eigenvalue weighted by Crippen LogP contribution is -2.40. The van der Waals surface area contributed by atoms with Crippen molar-refractivity contribution in [1.29, 1.82) is 0 Å². The molecular weight excluding hydrogens is 288 g/mol. The van der Waals surface area contributed by atoms with Crippen molar-refractivity contribution in [2.75, 3.05) is 19.7 Å². The average Bonchev–Trinajstić information content (AvgIpc) is 2.43. The molecule has 1 aromatic carbocycles. The number of rotatable bonds is 8. The zero-order chi connectivity index (χ0) is 15.0. The largest absolute Gasteiger partial charge is 0.484 e. The maximum absolute atomic E-state index is 11.7. The molecular formula is C16H27ClN2O2. The van der Waals surface area contributed by atoms with Crippen molar-refractivity contribution in [2.45, 2.75) is 39.7 Å². The van der Waals surface area contributed by atoms with Gasteiger partial charge in [0.25, 0.3) is 5.91 Å². The lowest BCUT2D eigenvalue weighted by Gasteiger charge is -2.14. The molecule has 0 spiro atoms. The Bertz CT molecular complexity index is 424. The fourth-order valence-corrected chi connectivity index (χ4v) is 1.85. The highest BCUT2D eigenvalue weighted by Gasteiger charge is 2.06. The molecule has 0 unspecified atom stereocenters. The highest BCUT2D eigenvalue weighted by Crippen LogP contribution is 2.19. The number of likely N-dealkylation sites (N-methyl/N-ethyl adjacent to an activating group) is 1. The second kappa shape index (κ2) is 10.5. The van der Waals surface area contributed by atoms with Crippen molar-refractivity contribution in [3.8, 4) is 5.75 Å². The lowest BCUT2D eigenvalue weighted by molar-refractivity contribution is -0.123. The smallest absolute Gasteiger partial charge is 0.257 e. The van der Waals surface area contributed by atoms with Gasteiger partial charge in [0.15, 0.2) is 6.61 Å².